The summed E-state index contributed by atoms with van der Waals surface area (Å²) in [6.45, 7) is 0. The number of anilines is 1. The van der Waals surface area contributed by atoms with Crippen molar-refractivity contribution < 1.29 is 19.8 Å². The SMILES string of the molecule is O=C(Nc1ccc(-c2ccccc2)cc1)NC(Cc1cccc(CSc2nnnn2-c2ccc(O)cc2)c1)C(=O)O. The molecule has 0 saturated heterocycles. The number of tetrazole rings is 1. The minimum absolute atomic E-state index is 0.111. The number of carboxylic acids is 1. The van der Waals surface area contributed by atoms with Gasteiger partial charge in [0.2, 0.25) is 5.16 Å². The van der Waals surface area contributed by atoms with Gasteiger partial charge >= 0.3 is 12.0 Å². The van der Waals surface area contributed by atoms with Crippen molar-refractivity contribution in [3.8, 4) is 22.6 Å². The van der Waals surface area contributed by atoms with Crippen molar-refractivity contribution in [3.63, 3.8) is 0 Å². The van der Waals surface area contributed by atoms with Crippen LogP contribution in [0.3, 0.4) is 0 Å². The molecule has 0 radical (unpaired) electrons. The third-order valence-electron chi connectivity index (χ3n) is 6.19. The van der Waals surface area contributed by atoms with E-state index in [0.29, 0.717) is 22.3 Å². The Morgan fingerprint density at radius 2 is 1.56 bits per heavy atom. The summed E-state index contributed by atoms with van der Waals surface area (Å²) >= 11 is 1.42. The van der Waals surface area contributed by atoms with E-state index in [-0.39, 0.29) is 12.2 Å². The lowest BCUT2D eigenvalue weighted by Crippen LogP contribution is -2.44. The molecule has 11 heteroatoms. The number of carbonyl (C=O) groups is 2. The first kappa shape index (κ1) is 27.4. The molecule has 0 spiro atoms. The van der Waals surface area contributed by atoms with Crippen molar-refractivity contribution in [2.45, 2.75) is 23.4 Å². The summed E-state index contributed by atoms with van der Waals surface area (Å²) in [6.07, 6.45) is 0.111. The number of nitrogens with one attached hydrogen (secondary N) is 2. The average Bonchev–Trinajstić information content (AvgIpc) is 3.46. The third kappa shape index (κ3) is 7.28. The fourth-order valence-corrected chi connectivity index (χ4v) is 4.99. The number of urea groups is 1. The number of hydrogen-bond acceptors (Lipinski definition) is 7. The average molecular weight is 567 g/mol. The summed E-state index contributed by atoms with van der Waals surface area (Å²) in [5.74, 6) is -0.443. The number of phenolic OH excluding ortho intramolecular Hbond substituents is 1. The third-order valence-corrected chi connectivity index (χ3v) is 7.18. The quantitative estimate of drug-likeness (QED) is 0.170. The van der Waals surface area contributed by atoms with Gasteiger partial charge in [0.25, 0.3) is 0 Å². The Morgan fingerprint density at radius 1 is 0.854 bits per heavy atom. The van der Waals surface area contributed by atoms with Gasteiger partial charge in [0, 0.05) is 17.9 Å². The highest BCUT2D eigenvalue weighted by Crippen LogP contribution is 2.24. The van der Waals surface area contributed by atoms with Gasteiger partial charge in [-0.2, -0.15) is 4.68 Å². The van der Waals surface area contributed by atoms with Gasteiger partial charge in [-0.3, -0.25) is 0 Å². The molecular formula is C30H26N6O4S. The predicted molar refractivity (Wildman–Crippen MR) is 156 cm³/mol. The monoisotopic (exact) mass is 566 g/mol. The largest absolute Gasteiger partial charge is 0.508 e. The van der Waals surface area contributed by atoms with Gasteiger partial charge in [-0.15, -0.1) is 5.10 Å². The molecule has 1 aromatic heterocycles. The topological polar surface area (TPSA) is 142 Å². The van der Waals surface area contributed by atoms with Crippen LogP contribution < -0.4 is 10.6 Å². The Hall–Kier alpha value is -5.16. The number of phenols is 1. The van der Waals surface area contributed by atoms with Crippen molar-refractivity contribution in [1.82, 2.24) is 25.5 Å². The molecule has 1 atom stereocenters. The summed E-state index contributed by atoms with van der Waals surface area (Å²) in [7, 11) is 0. The van der Waals surface area contributed by atoms with Crippen molar-refractivity contribution >= 4 is 29.4 Å². The number of carboxylic acid groups (broad SMARTS) is 1. The van der Waals surface area contributed by atoms with Gasteiger partial charge in [-0.25, -0.2) is 9.59 Å². The molecule has 5 rings (SSSR count). The van der Waals surface area contributed by atoms with Crippen LogP contribution in [0.5, 0.6) is 5.75 Å². The second-order valence-corrected chi connectivity index (χ2v) is 10.1. The van der Waals surface area contributed by atoms with E-state index in [9.17, 15) is 19.8 Å². The van der Waals surface area contributed by atoms with E-state index in [1.165, 1.54) is 11.8 Å². The summed E-state index contributed by atoms with van der Waals surface area (Å²) in [5, 5.41) is 37.0. The molecule has 4 aromatic carbocycles. The minimum Gasteiger partial charge on any atom is -0.508 e. The Bertz CT molecular complexity index is 1630. The van der Waals surface area contributed by atoms with E-state index in [0.717, 1.165) is 22.3 Å². The molecule has 41 heavy (non-hydrogen) atoms. The lowest BCUT2D eigenvalue weighted by atomic mass is 10.0. The number of rotatable bonds is 10. The zero-order chi connectivity index (χ0) is 28.6. The maximum atomic E-state index is 12.6. The smallest absolute Gasteiger partial charge is 0.326 e. The van der Waals surface area contributed by atoms with Crippen LogP contribution in [0.4, 0.5) is 10.5 Å². The molecule has 10 nitrogen and oxygen atoms in total. The van der Waals surface area contributed by atoms with E-state index >= 15 is 0 Å². The van der Waals surface area contributed by atoms with E-state index in [1.54, 1.807) is 41.1 Å². The number of amides is 2. The number of hydrogen-bond donors (Lipinski definition) is 4. The lowest BCUT2D eigenvalue weighted by Gasteiger charge is -2.16. The summed E-state index contributed by atoms with van der Waals surface area (Å²) < 4.78 is 1.58. The van der Waals surface area contributed by atoms with Gasteiger partial charge in [0.15, 0.2) is 0 Å². The molecule has 1 unspecified atom stereocenters. The van der Waals surface area contributed by atoms with E-state index in [4.69, 9.17) is 0 Å². The number of aromatic nitrogens is 4. The summed E-state index contributed by atoms with van der Waals surface area (Å²) in [5.41, 5.74) is 5.05. The molecule has 1 heterocycles. The standard InChI is InChI=1S/C30H26N6O4S/c37-26-15-13-25(14-16-26)36-30(33-34-35-36)41-19-21-6-4-5-20(17-21)18-27(28(38)39)32-29(40)31-24-11-9-23(10-12-24)22-7-2-1-3-8-22/h1-17,27,37H,18-19H2,(H,38,39)(H2,31,32,40). The van der Waals surface area contributed by atoms with Gasteiger partial charge < -0.3 is 20.8 Å². The molecule has 206 valence electrons. The fraction of sp³-hybridized carbons (Fsp3) is 0.100. The molecule has 0 bridgehead atoms. The second-order valence-electron chi connectivity index (χ2n) is 9.14. The number of aliphatic carboxylic acids is 1. The normalized spacial score (nSPS) is 11.5. The van der Waals surface area contributed by atoms with Crippen LogP contribution in [0.2, 0.25) is 0 Å². The van der Waals surface area contributed by atoms with Crippen LogP contribution in [-0.4, -0.2) is 48.5 Å². The highest BCUT2D eigenvalue weighted by molar-refractivity contribution is 7.98. The number of nitrogens with zero attached hydrogens (tertiary/aromatic N) is 4. The van der Waals surface area contributed by atoms with Crippen molar-refractivity contribution in [2.75, 3.05) is 5.32 Å². The van der Waals surface area contributed by atoms with Gasteiger partial charge in [-0.1, -0.05) is 78.5 Å². The Morgan fingerprint density at radius 3 is 2.29 bits per heavy atom. The highest BCUT2D eigenvalue weighted by Gasteiger charge is 2.21. The highest BCUT2D eigenvalue weighted by atomic mass is 32.2. The zero-order valence-corrected chi connectivity index (χ0v) is 22.5. The Kier molecular flexibility index (Phi) is 8.55. The van der Waals surface area contributed by atoms with Crippen LogP contribution in [0, 0.1) is 0 Å². The molecule has 0 aliphatic carbocycles. The minimum atomic E-state index is -1.13. The van der Waals surface area contributed by atoms with Gasteiger partial charge in [-0.05, 0) is 69.1 Å². The maximum absolute atomic E-state index is 12.6. The summed E-state index contributed by atoms with van der Waals surface area (Å²) in [4.78, 5) is 24.6. The molecule has 0 aliphatic rings. The number of aromatic hydroxyl groups is 1. The molecule has 0 saturated carbocycles. The van der Waals surface area contributed by atoms with Crippen LogP contribution in [-0.2, 0) is 17.0 Å². The van der Waals surface area contributed by atoms with Crippen LogP contribution >= 0.6 is 11.8 Å². The molecule has 0 fully saturated rings. The van der Waals surface area contributed by atoms with Crippen molar-refractivity contribution in [3.05, 3.63) is 114 Å². The first-order valence-corrected chi connectivity index (χ1v) is 13.7. The predicted octanol–water partition coefficient (Wildman–Crippen LogP) is 5.14. The van der Waals surface area contributed by atoms with E-state index < -0.39 is 18.0 Å². The van der Waals surface area contributed by atoms with Crippen LogP contribution in [0.15, 0.2) is 108 Å². The van der Waals surface area contributed by atoms with E-state index in [2.05, 4.69) is 26.2 Å². The van der Waals surface area contributed by atoms with Crippen molar-refractivity contribution in [2.24, 2.45) is 0 Å². The molecule has 4 N–H and O–H groups in total. The molecular weight excluding hydrogens is 540 g/mol. The Balaban J connectivity index is 1.18. The zero-order valence-electron chi connectivity index (χ0n) is 21.7. The second kappa shape index (κ2) is 12.8. The fourth-order valence-electron chi connectivity index (χ4n) is 4.16. The molecule has 5 aromatic rings. The first-order chi connectivity index (χ1) is 19.9. The maximum Gasteiger partial charge on any atom is 0.326 e. The molecule has 0 aliphatic heterocycles. The first-order valence-electron chi connectivity index (χ1n) is 12.7. The van der Waals surface area contributed by atoms with Crippen molar-refractivity contribution in [1.29, 1.82) is 0 Å². The van der Waals surface area contributed by atoms with Crippen LogP contribution in [0.25, 0.3) is 16.8 Å². The summed E-state index contributed by atoms with van der Waals surface area (Å²) in [6, 6.07) is 29.5. The Labute approximate surface area is 240 Å². The number of carbonyl (C=O) groups excluding carboxylic acids is 1. The van der Waals surface area contributed by atoms with Crippen LogP contribution in [0.1, 0.15) is 11.1 Å². The lowest BCUT2D eigenvalue weighted by molar-refractivity contribution is -0.139. The number of benzene rings is 4. The van der Waals surface area contributed by atoms with Gasteiger partial charge in [0.05, 0.1) is 5.69 Å². The van der Waals surface area contributed by atoms with E-state index in [1.807, 2.05) is 66.7 Å². The molecule has 2 amide bonds. The number of thioether (sulfide) groups is 1. The van der Waals surface area contributed by atoms with Gasteiger partial charge in [0.1, 0.15) is 11.8 Å².